The van der Waals surface area contributed by atoms with Crippen molar-refractivity contribution in [2.45, 2.75) is 11.4 Å². The first-order valence-electron chi connectivity index (χ1n) is 6.75. The van der Waals surface area contributed by atoms with Crippen molar-refractivity contribution in [1.82, 2.24) is 4.31 Å². The second-order valence-electron chi connectivity index (χ2n) is 5.01. The molecule has 2 aromatic carbocycles. The maximum atomic E-state index is 12.1. The second-order valence-corrected chi connectivity index (χ2v) is 7.17. The smallest absolute Gasteiger partial charge is 0.242 e. The number of rotatable bonds is 5. The standard InChI is InChI=1S/C17H18N2O2S/c1-4-14-7-5-9-16(11-14)18-13-15-8-6-10-17(12-15)22(20,21)19(2)3/h1,5-12,18H,13H2,2-3H3. The fraction of sp³-hybridized carbons (Fsp3) is 0.176. The van der Waals surface area contributed by atoms with Crippen LogP contribution in [0.25, 0.3) is 0 Å². The lowest BCUT2D eigenvalue weighted by Gasteiger charge is -2.13. The Morgan fingerprint density at radius 1 is 1.14 bits per heavy atom. The Bertz CT molecular complexity index is 805. The van der Waals surface area contributed by atoms with Gasteiger partial charge in [0, 0.05) is 31.9 Å². The van der Waals surface area contributed by atoms with E-state index in [4.69, 9.17) is 6.42 Å². The van der Waals surface area contributed by atoms with Gasteiger partial charge in [-0.1, -0.05) is 24.1 Å². The SMILES string of the molecule is C#Cc1cccc(NCc2cccc(S(=O)(=O)N(C)C)c2)c1. The van der Waals surface area contributed by atoms with Crippen LogP contribution < -0.4 is 5.32 Å². The number of anilines is 1. The van der Waals surface area contributed by atoms with Gasteiger partial charge in [-0.05, 0) is 35.9 Å². The van der Waals surface area contributed by atoms with Crippen molar-refractivity contribution in [3.63, 3.8) is 0 Å². The molecule has 0 fully saturated rings. The maximum absolute atomic E-state index is 12.1. The lowest BCUT2D eigenvalue weighted by atomic mass is 10.2. The second kappa shape index (κ2) is 6.65. The Morgan fingerprint density at radius 2 is 1.86 bits per heavy atom. The van der Waals surface area contributed by atoms with Gasteiger partial charge >= 0.3 is 0 Å². The Kier molecular flexibility index (Phi) is 4.86. The molecule has 0 bridgehead atoms. The number of hydrogen-bond acceptors (Lipinski definition) is 3. The Hall–Kier alpha value is -2.29. The molecule has 0 atom stereocenters. The van der Waals surface area contributed by atoms with E-state index in [1.165, 1.54) is 18.4 Å². The fourth-order valence-electron chi connectivity index (χ4n) is 1.95. The minimum Gasteiger partial charge on any atom is -0.381 e. The number of benzene rings is 2. The highest BCUT2D eigenvalue weighted by atomic mass is 32.2. The zero-order valence-corrected chi connectivity index (χ0v) is 13.4. The highest BCUT2D eigenvalue weighted by Crippen LogP contribution is 2.16. The van der Waals surface area contributed by atoms with Crippen molar-refractivity contribution >= 4 is 15.7 Å². The molecule has 5 heteroatoms. The quantitative estimate of drug-likeness (QED) is 0.863. The van der Waals surface area contributed by atoms with Gasteiger partial charge in [0.25, 0.3) is 0 Å². The van der Waals surface area contributed by atoms with Gasteiger partial charge in [-0.3, -0.25) is 0 Å². The monoisotopic (exact) mass is 314 g/mol. The van der Waals surface area contributed by atoms with Crippen LogP contribution in [0, 0.1) is 12.3 Å². The van der Waals surface area contributed by atoms with Crippen LogP contribution in [-0.2, 0) is 16.6 Å². The minimum absolute atomic E-state index is 0.286. The normalized spacial score (nSPS) is 11.2. The molecule has 0 aliphatic carbocycles. The Balaban J connectivity index is 2.16. The average Bonchev–Trinajstić information content (AvgIpc) is 2.53. The van der Waals surface area contributed by atoms with Gasteiger partial charge in [0.15, 0.2) is 0 Å². The molecule has 2 aromatic rings. The van der Waals surface area contributed by atoms with Crippen LogP contribution in [0.15, 0.2) is 53.4 Å². The number of hydrogen-bond donors (Lipinski definition) is 1. The first-order chi connectivity index (χ1) is 10.4. The summed E-state index contributed by atoms with van der Waals surface area (Å²) >= 11 is 0. The largest absolute Gasteiger partial charge is 0.381 e. The van der Waals surface area contributed by atoms with E-state index in [1.54, 1.807) is 18.2 Å². The summed E-state index contributed by atoms with van der Waals surface area (Å²) < 4.78 is 25.5. The third-order valence-electron chi connectivity index (χ3n) is 3.20. The van der Waals surface area contributed by atoms with Crippen LogP contribution in [0.2, 0.25) is 0 Å². The van der Waals surface area contributed by atoms with E-state index in [0.29, 0.717) is 6.54 Å². The van der Waals surface area contributed by atoms with Crippen LogP contribution in [0.4, 0.5) is 5.69 Å². The molecule has 0 aromatic heterocycles. The molecule has 1 N–H and O–H groups in total. The van der Waals surface area contributed by atoms with E-state index in [9.17, 15) is 8.42 Å². The van der Waals surface area contributed by atoms with E-state index in [2.05, 4.69) is 11.2 Å². The molecule has 0 aliphatic heterocycles. The third-order valence-corrected chi connectivity index (χ3v) is 5.01. The van der Waals surface area contributed by atoms with Crippen LogP contribution in [0.3, 0.4) is 0 Å². The Labute approximate surface area is 131 Å². The number of nitrogens with zero attached hydrogens (tertiary/aromatic N) is 1. The van der Waals surface area contributed by atoms with Crippen molar-refractivity contribution in [2.24, 2.45) is 0 Å². The van der Waals surface area contributed by atoms with E-state index in [-0.39, 0.29) is 4.90 Å². The Morgan fingerprint density at radius 3 is 2.55 bits per heavy atom. The zero-order chi connectivity index (χ0) is 16.2. The summed E-state index contributed by atoms with van der Waals surface area (Å²) in [5.41, 5.74) is 2.58. The third kappa shape index (κ3) is 3.67. The summed E-state index contributed by atoms with van der Waals surface area (Å²) in [6, 6.07) is 14.4. The maximum Gasteiger partial charge on any atom is 0.242 e. The van der Waals surface area contributed by atoms with Crippen LogP contribution in [0.1, 0.15) is 11.1 Å². The van der Waals surface area contributed by atoms with Gasteiger partial charge in [0.2, 0.25) is 10.0 Å². The summed E-state index contributed by atoms with van der Waals surface area (Å²) in [6.07, 6.45) is 5.37. The number of sulfonamides is 1. The molecule has 0 unspecified atom stereocenters. The number of nitrogens with one attached hydrogen (secondary N) is 1. The molecule has 0 aliphatic rings. The van der Waals surface area contributed by atoms with Crippen molar-refractivity contribution in [3.05, 3.63) is 59.7 Å². The van der Waals surface area contributed by atoms with E-state index in [1.807, 2.05) is 30.3 Å². The molecule has 4 nitrogen and oxygen atoms in total. The summed E-state index contributed by atoms with van der Waals surface area (Å²) in [4.78, 5) is 0.286. The molecule has 0 amide bonds. The van der Waals surface area contributed by atoms with Gasteiger partial charge in [-0.25, -0.2) is 12.7 Å². The average molecular weight is 314 g/mol. The lowest BCUT2D eigenvalue weighted by Crippen LogP contribution is -2.22. The molecule has 0 heterocycles. The molecule has 114 valence electrons. The highest BCUT2D eigenvalue weighted by Gasteiger charge is 2.16. The van der Waals surface area contributed by atoms with Crippen molar-refractivity contribution in [2.75, 3.05) is 19.4 Å². The lowest BCUT2D eigenvalue weighted by molar-refractivity contribution is 0.520. The molecule has 2 rings (SSSR count). The van der Waals surface area contributed by atoms with Crippen LogP contribution in [0.5, 0.6) is 0 Å². The molecule has 0 radical (unpaired) electrons. The zero-order valence-electron chi connectivity index (χ0n) is 12.6. The first kappa shape index (κ1) is 16.1. The van der Waals surface area contributed by atoms with Crippen molar-refractivity contribution in [3.8, 4) is 12.3 Å². The van der Waals surface area contributed by atoms with Crippen LogP contribution in [-0.4, -0.2) is 26.8 Å². The predicted molar refractivity (Wildman–Crippen MR) is 89.0 cm³/mol. The van der Waals surface area contributed by atoms with Gasteiger partial charge < -0.3 is 5.32 Å². The fourth-order valence-corrected chi connectivity index (χ4v) is 2.92. The highest BCUT2D eigenvalue weighted by molar-refractivity contribution is 7.89. The summed E-state index contributed by atoms with van der Waals surface area (Å²) in [6.45, 7) is 0.519. The van der Waals surface area contributed by atoms with Gasteiger partial charge in [0.1, 0.15) is 0 Å². The molecular formula is C17H18N2O2S. The van der Waals surface area contributed by atoms with E-state index in [0.717, 1.165) is 16.8 Å². The predicted octanol–water partition coefficient (Wildman–Crippen LogP) is 2.53. The van der Waals surface area contributed by atoms with E-state index >= 15 is 0 Å². The number of terminal acetylenes is 1. The molecule has 0 spiro atoms. The topological polar surface area (TPSA) is 49.4 Å². The summed E-state index contributed by atoms with van der Waals surface area (Å²) in [7, 11) is -0.375. The van der Waals surface area contributed by atoms with Crippen molar-refractivity contribution in [1.29, 1.82) is 0 Å². The molecule has 0 saturated heterocycles. The van der Waals surface area contributed by atoms with Gasteiger partial charge in [-0.15, -0.1) is 6.42 Å². The van der Waals surface area contributed by atoms with Crippen LogP contribution >= 0.6 is 0 Å². The molecule has 22 heavy (non-hydrogen) atoms. The minimum atomic E-state index is -3.41. The van der Waals surface area contributed by atoms with Crippen molar-refractivity contribution < 1.29 is 8.42 Å². The molecule has 0 saturated carbocycles. The molecular weight excluding hydrogens is 296 g/mol. The van der Waals surface area contributed by atoms with E-state index < -0.39 is 10.0 Å². The van der Waals surface area contributed by atoms with Gasteiger partial charge in [0.05, 0.1) is 4.90 Å². The summed E-state index contributed by atoms with van der Waals surface area (Å²) in [5, 5.41) is 3.24. The van der Waals surface area contributed by atoms with Gasteiger partial charge in [-0.2, -0.15) is 0 Å². The summed E-state index contributed by atoms with van der Waals surface area (Å²) in [5.74, 6) is 2.58. The first-order valence-corrected chi connectivity index (χ1v) is 8.19.